The first kappa shape index (κ1) is 10.5. The maximum absolute atomic E-state index is 9.27. The molecule has 3 nitrogen and oxygen atoms in total. The van der Waals surface area contributed by atoms with Gasteiger partial charge in [0.15, 0.2) is 0 Å². The zero-order chi connectivity index (χ0) is 10.7. The van der Waals surface area contributed by atoms with Crippen LogP contribution in [0, 0.1) is 0 Å². The lowest BCUT2D eigenvalue weighted by molar-refractivity contribution is 0.279. The topological polar surface area (TPSA) is 41.5 Å². The first-order valence-electron chi connectivity index (χ1n) is 5.36. The summed E-state index contributed by atoms with van der Waals surface area (Å²) in [6.45, 7) is 1.16. The van der Waals surface area contributed by atoms with Crippen LogP contribution in [0.1, 0.15) is 30.0 Å². The van der Waals surface area contributed by atoms with Crippen LogP contribution in [0.4, 0.5) is 0 Å². The van der Waals surface area contributed by atoms with Gasteiger partial charge in [0.25, 0.3) is 0 Å². The van der Waals surface area contributed by atoms with Gasteiger partial charge in [-0.25, -0.2) is 0 Å². The van der Waals surface area contributed by atoms with Crippen molar-refractivity contribution in [3.63, 3.8) is 0 Å². The van der Waals surface area contributed by atoms with Crippen LogP contribution in [0.3, 0.4) is 0 Å². The third-order valence-electron chi connectivity index (χ3n) is 2.96. The quantitative estimate of drug-likeness (QED) is 0.791. The van der Waals surface area contributed by atoms with Crippen molar-refractivity contribution in [1.29, 1.82) is 0 Å². The van der Waals surface area contributed by atoms with Crippen LogP contribution in [0.2, 0.25) is 0 Å². The SMILES string of the molecule is COc1ccc(CO)c([C@H]2CCCN2)c1. The van der Waals surface area contributed by atoms with E-state index in [1.54, 1.807) is 7.11 Å². The van der Waals surface area contributed by atoms with Gasteiger partial charge in [0.05, 0.1) is 13.7 Å². The summed E-state index contributed by atoms with van der Waals surface area (Å²) in [7, 11) is 1.67. The number of aliphatic hydroxyl groups is 1. The zero-order valence-electron chi connectivity index (χ0n) is 8.99. The summed E-state index contributed by atoms with van der Waals surface area (Å²) in [5, 5.41) is 12.7. The van der Waals surface area contributed by atoms with Crippen molar-refractivity contribution in [1.82, 2.24) is 5.32 Å². The molecule has 15 heavy (non-hydrogen) atoms. The van der Waals surface area contributed by atoms with Crippen molar-refractivity contribution in [2.24, 2.45) is 0 Å². The Morgan fingerprint density at radius 2 is 2.40 bits per heavy atom. The van der Waals surface area contributed by atoms with E-state index in [-0.39, 0.29) is 6.61 Å². The lowest BCUT2D eigenvalue weighted by atomic mass is 9.99. The normalized spacial score (nSPS) is 20.5. The molecular formula is C12H17NO2. The largest absolute Gasteiger partial charge is 0.497 e. The molecule has 1 atom stereocenters. The molecule has 3 heteroatoms. The van der Waals surface area contributed by atoms with Crippen LogP contribution < -0.4 is 10.1 Å². The Labute approximate surface area is 90.1 Å². The van der Waals surface area contributed by atoms with Crippen molar-refractivity contribution in [2.75, 3.05) is 13.7 Å². The first-order chi connectivity index (χ1) is 7.35. The summed E-state index contributed by atoms with van der Waals surface area (Å²) in [4.78, 5) is 0. The average molecular weight is 207 g/mol. The first-order valence-corrected chi connectivity index (χ1v) is 5.36. The summed E-state index contributed by atoms with van der Waals surface area (Å²) in [6, 6.07) is 6.23. The van der Waals surface area contributed by atoms with Gasteiger partial charge in [-0.3, -0.25) is 0 Å². The number of nitrogens with one attached hydrogen (secondary N) is 1. The van der Waals surface area contributed by atoms with Gasteiger partial charge in [0, 0.05) is 6.04 Å². The molecule has 0 bridgehead atoms. The third kappa shape index (κ3) is 2.13. The van der Waals surface area contributed by atoms with Gasteiger partial charge in [0.2, 0.25) is 0 Å². The molecule has 0 aliphatic carbocycles. The molecule has 1 saturated heterocycles. The summed E-state index contributed by atoms with van der Waals surface area (Å²) in [5.41, 5.74) is 2.17. The van der Waals surface area contributed by atoms with Crippen LogP contribution in [0.25, 0.3) is 0 Å². The predicted molar refractivity (Wildman–Crippen MR) is 58.9 cm³/mol. The fourth-order valence-corrected chi connectivity index (χ4v) is 2.12. The molecule has 0 spiro atoms. The molecule has 1 aliphatic rings. The van der Waals surface area contributed by atoms with E-state index >= 15 is 0 Å². The second-order valence-electron chi connectivity index (χ2n) is 3.87. The van der Waals surface area contributed by atoms with Gasteiger partial charge in [0.1, 0.15) is 5.75 Å². The van der Waals surface area contributed by atoms with Gasteiger partial charge in [-0.05, 0) is 42.6 Å². The van der Waals surface area contributed by atoms with Gasteiger partial charge in [-0.15, -0.1) is 0 Å². The molecule has 1 heterocycles. The van der Waals surface area contributed by atoms with Crippen molar-refractivity contribution >= 4 is 0 Å². The van der Waals surface area contributed by atoms with Gasteiger partial charge >= 0.3 is 0 Å². The van der Waals surface area contributed by atoms with Crippen LogP contribution in [-0.4, -0.2) is 18.8 Å². The Morgan fingerprint density at radius 1 is 1.53 bits per heavy atom. The maximum Gasteiger partial charge on any atom is 0.119 e. The maximum atomic E-state index is 9.27. The average Bonchev–Trinajstić information content (AvgIpc) is 2.81. The molecule has 82 valence electrons. The minimum Gasteiger partial charge on any atom is -0.497 e. The van der Waals surface area contributed by atoms with Crippen LogP contribution in [0.15, 0.2) is 18.2 Å². The van der Waals surface area contributed by atoms with E-state index in [1.807, 2.05) is 18.2 Å². The molecule has 0 aromatic heterocycles. The van der Waals surface area contributed by atoms with Crippen LogP contribution in [0.5, 0.6) is 5.75 Å². The Hall–Kier alpha value is -1.06. The molecule has 1 aromatic rings. The number of ether oxygens (including phenoxy) is 1. The van der Waals surface area contributed by atoms with E-state index in [4.69, 9.17) is 4.74 Å². The minimum absolute atomic E-state index is 0.0947. The summed E-state index contributed by atoms with van der Waals surface area (Å²) in [5.74, 6) is 0.857. The molecular weight excluding hydrogens is 190 g/mol. The second-order valence-corrected chi connectivity index (χ2v) is 3.87. The number of hydrogen-bond donors (Lipinski definition) is 2. The Bertz CT molecular complexity index is 332. The lowest BCUT2D eigenvalue weighted by Crippen LogP contribution is -2.14. The highest BCUT2D eigenvalue weighted by atomic mass is 16.5. The summed E-state index contributed by atoms with van der Waals surface area (Å²) < 4.78 is 5.20. The highest BCUT2D eigenvalue weighted by Gasteiger charge is 2.19. The Kier molecular flexibility index (Phi) is 3.23. The second kappa shape index (κ2) is 4.64. The Balaban J connectivity index is 2.32. The van der Waals surface area contributed by atoms with Crippen molar-refractivity contribution in [3.05, 3.63) is 29.3 Å². The standard InChI is InChI=1S/C12H17NO2/c1-15-10-5-4-9(8-14)11(7-10)12-3-2-6-13-12/h4-5,7,12-14H,2-3,6,8H2,1H3/t12-/m1/s1. The third-order valence-corrected chi connectivity index (χ3v) is 2.96. The number of benzene rings is 1. The predicted octanol–water partition coefficient (Wildman–Crippen LogP) is 1.61. The van der Waals surface area contributed by atoms with E-state index in [9.17, 15) is 5.11 Å². The molecule has 2 N–H and O–H groups in total. The van der Waals surface area contributed by atoms with Gasteiger partial charge in [-0.2, -0.15) is 0 Å². The van der Waals surface area contributed by atoms with E-state index in [0.29, 0.717) is 6.04 Å². The number of aliphatic hydroxyl groups excluding tert-OH is 1. The number of hydrogen-bond acceptors (Lipinski definition) is 3. The fourth-order valence-electron chi connectivity index (χ4n) is 2.12. The van der Waals surface area contributed by atoms with Crippen molar-refractivity contribution in [2.45, 2.75) is 25.5 Å². The zero-order valence-corrected chi connectivity index (χ0v) is 8.99. The van der Waals surface area contributed by atoms with Crippen LogP contribution in [-0.2, 0) is 6.61 Å². The van der Waals surface area contributed by atoms with E-state index in [2.05, 4.69) is 5.32 Å². The number of methoxy groups -OCH3 is 1. The highest BCUT2D eigenvalue weighted by Crippen LogP contribution is 2.29. The molecule has 1 aliphatic heterocycles. The van der Waals surface area contributed by atoms with Gasteiger partial charge in [-0.1, -0.05) is 6.07 Å². The monoisotopic (exact) mass is 207 g/mol. The molecule has 0 saturated carbocycles. The molecule has 0 amide bonds. The van der Waals surface area contributed by atoms with Crippen molar-refractivity contribution in [3.8, 4) is 5.75 Å². The highest BCUT2D eigenvalue weighted by molar-refractivity contribution is 5.37. The summed E-state index contributed by atoms with van der Waals surface area (Å²) in [6.07, 6.45) is 2.34. The molecule has 2 rings (SSSR count). The fraction of sp³-hybridized carbons (Fsp3) is 0.500. The molecule has 1 fully saturated rings. The summed E-state index contributed by atoms with van der Waals surface area (Å²) >= 11 is 0. The molecule has 0 unspecified atom stereocenters. The number of rotatable bonds is 3. The Morgan fingerprint density at radius 3 is 3.00 bits per heavy atom. The van der Waals surface area contributed by atoms with Crippen LogP contribution >= 0.6 is 0 Å². The lowest BCUT2D eigenvalue weighted by Gasteiger charge is -2.15. The molecule has 0 radical (unpaired) electrons. The van der Waals surface area contributed by atoms with E-state index < -0.39 is 0 Å². The van der Waals surface area contributed by atoms with Gasteiger partial charge < -0.3 is 15.2 Å². The van der Waals surface area contributed by atoms with Crippen molar-refractivity contribution < 1.29 is 9.84 Å². The smallest absolute Gasteiger partial charge is 0.119 e. The minimum atomic E-state index is 0.0947. The van der Waals surface area contributed by atoms with E-state index in [0.717, 1.165) is 24.3 Å². The molecule has 1 aromatic carbocycles. The van der Waals surface area contributed by atoms with E-state index in [1.165, 1.54) is 12.0 Å².